The Labute approximate surface area is 301 Å². The molecule has 2 heterocycles. The van der Waals surface area contributed by atoms with Gasteiger partial charge in [-0.15, -0.1) is 12.4 Å². The summed E-state index contributed by atoms with van der Waals surface area (Å²) in [6.07, 6.45) is 5.01. The average Bonchev–Trinajstić information content (AvgIpc) is 3.29. The number of pyridine rings is 1. The number of hydrogen-bond acceptors (Lipinski definition) is 9. The monoisotopic (exact) mass is 729 g/mol. The van der Waals surface area contributed by atoms with Crippen LogP contribution in [0.3, 0.4) is 0 Å². The maximum Gasteiger partial charge on any atom is 0.344 e. The van der Waals surface area contributed by atoms with E-state index in [0.717, 1.165) is 6.07 Å². The number of aromatic nitrogens is 1. The molecular weight excluding hydrogens is 684 g/mol. The van der Waals surface area contributed by atoms with Gasteiger partial charge in [0, 0.05) is 61.1 Å². The van der Waals surface area contributed by atoms with E-state index in [0.29, 0.717) is 68.8 Å². The summed E-state index contributed by atoms with van der Waals surface area (Å²) in [5, 5.41) is 27.1. The Kier molecular flexibility index (Phi) is 9.43. The van der Waals surface area contributed by atoms with Crippen LogP contribution in [0.5, 0.6) is 0 Å². The molecule has 0 radical (unpaired) electrons. The number of carbonyl (C=O) groups excluding carboxylic acids is 3. The first kappa shape index (κ1) is 37.3. The molecule has 1 aromatic heterocycles. The maximum atomic E-state index is 17.5. The lowest BCUT2D eigenvalue weighted by molar-refractivity contribution is -0.219. The number of nitrogens with one attached hydrogen (secondary N) is 1. The molecule has 1 aromatic carbocycles. The Morgan fingerprint density at radius 3 is 2.53 bits per heavy atom. The van der Waals surface area contributed by atoms with Gasteiger partial charge >= 0.3 is 5.97 Å². The smallest absolute Gasteiger partial charge is 0.344 e. The second kappa shape index (κ2) is 12.9. The number of esters is 1. The zero-order chi connectivity index (χ0) is 36.0. The summed E-state index contributed by atoms with van der Waals surface area (Å²) >= 11 is 0. The summed E-state index contributed by atoms with van der Waals surface area (Å²) in [5.74, 6) is -4.53. The van der Waals surface area contributed by atoms with Crippen molar-refractivity contribution in [2.45, 2.75) is 77.3 Å². The lowest BCUT2D eigenvalue weighted by atomic mass is 9.44. The molecule has 13 heteroatoms. The van der Waals surface area contributed by atoms with Crippen LogP contribution in [0.4, 0.5) is 14.5 Å². The number of ether oxygens (including phenoxy) is 1. The van der Waals surface area contributed by atoms with E-state index in [1.54, 1.807) is 37.5 Å². The van der Waals surface area contributed by atoms with Crippen LogP contribution in [-0.2, 0) is 20.9 Å². The largest absolute Gasteiger partial charge is 0.454 e. The van der Waals surface area contributed by atoms with Crippen LogP contribution in [0.1, 0.15) is 63.7 Å². The second-order valence-corrected chi connectivity index (χ2v) is 15.4. The number of Topliss-reactive ketones (excluding diaryl/α,β-unsaturated/α-hetero) is 1. The van der Waals surface area contributed by atoms with Crippen LogP contribution in [0.15, 0.2) is 46.9 Å². The van der Waals surface area contributed by atoms with Crippen molar-refractivity contribution >= 4 is 46.5 Å². The van der Waals surface area contributed by atoms with Crippen molar-refractivity contribution in [1.82, 2.24) is 9.88 Å². The minimum Gasteiger partial charge on any atom is -0.454 e. The summed E-state index contributed by atoms with van der Waals surface area (Å²) in [6, 6.07) is 2.75. The van der Waals surface area contributed by atoms with Gasteiger partial charge in [-0.05, 0) is 75.7 Å². The summed E-state index contributed by atoms with van der Waals surface area (Å²) in [7, 11) is 0. The normalized spacial score (nSPS) is 35.7. The van der Waals surface area contributed by atoms with Gasteiger partial charge in [0.1, 0.15) is 17.0 Å². The van der Waals surface area contributed by atoms with Crippen LogP contribution in [-0.4, -0.2) is 82.5 Å². The van der Waals surface area contributed by atoms with Crippen LogP contribution < -0.4 is 15.6 Å². The van der Waals surface area contributed by atoms with Crippen molar-refractivity contribution in [3.63, 3.8) is 0 Å². The number of rotatable bonds is 6. The minimum absolute atomic E-state index is 0. The molecule has 1 saturated heterocycles. The van der Waals surface area contributed by atoms with Gasteiger partial charge in [0.25, 0.3) is 0 Å². The van der Waals surface area contributed by atoms with E-state index >= 15 is 8.78 Å². The molecule has 0 spiro atoms. The third-order valence-electron chi connectivity index (χ3n) is 13.1. The predicted molar refractivity (Wildman–Crippen MR) is 189 cm³/mol. The van der Waals surface area contributed by atoms with Crippen LogP contribution in [0.2, 0.25) is 0 Å². The first-order valence-corrected chi connectivity index (χ1v) is 17.7. The van der Waals surface area contributed by atoms with Crippen molar-refractivity contribution < 1.29 is 38.1 Å². The molecule has 10 nitrogen and oxygen atoms in total. The molecule has 1 aliphatic heterocycles. The van der Waals surface area contributed by atoms with E-state index < -0.39 is 75.6 Å². The van der Waals surface area contributed by atoms with E-state index in [1.807, 2.05) is 11.8 Å². The number of alkyl halides is 1. The number of benzene rings is 1. The van der Waals surface area contributed by atoms with Crippen LogP contribution in [0.25, 0.3) is 10.9 Å². The molecule has 0 unspecified atom stereocenters. The van der Waals surface area contributed by atoms with Crippen molar-refractivity contribution in [2.75, 3.05) is 37.7 Å². The lowest BCUT2D eigenvalue weighted by Gasteiger charge is -2.62. The highest BCUT2D eigenvalue weighted by Crippen LogP contribution is 2.70. The van der Waals surface area contributed by atoms with E-state index in [2.05, 4.69) is 5.32 Å². The Bertz CT molecular complexity index is 1930. The molecule has 3 N–H and O–H groups in total. The van der Waals surface area contributed by atoms with Crippen molar-refractivity contribution in [3.05, 3.63) is 63.7 Å². The van der Waals surface area contributed by atoms with Gasteiger partial charge in [0.05, 0.1) is 17.3 Å². The van der Waals surface area contributed by atoms with Crippen molar-refractivity contribution in [3.8, 4) is 0 Å². The van der Waals surface area contributed by atoms with Gasteiger partial charge in [-0.3, -0.25) is 14.4 Å². The maximum absolute atomic E-state index is 17.5. The van der Waals surface area contributed by atoms with E-state index in [-0.39, 0.29) is 35.6 Å². The third kappa shape index (κ3) is 5.18. The Hall–Kier alpha value is -3.45. The molecule has 4 fully saturated rings. The summed E-state index contributed by atoms with van der Waals surface area (Å²) in [6.45, 7) is 9.05. The van der Waals surface area contributed by atoms with E-state index in [4.69, 9.17) is 4.74 Å². The van der Waals surface area contributed by atoms with Crippen LogP contribution in [0, 0.1) is 34.4 Å². The fraction of sp³-hybridized carbons (Fsp3) is 0.579. The third-order valence-corrected chi connectivity index (χ3v) is 13.1. The Morgan fingerprint density at radius 2 is 1.84 bits per heavy atom. The Balaban J connectivity index is 0.00000448. The number of carbonyl (C=O) groups is 3. The quantitative estimate of drug-likeness (QED) is 0.376. The number of aliphatic hydroxyl groups excluding tert-OH is 1. The Morgan fingerprint density at radius 1 is 1.14 bits per heavy atom. The lowest BCUT2D eigenvalue weighted by Crippen LogP contribution is -2.69. The second-order valence-electron chi connectivity index (χ2n) is 15.4. The first-order valence-electron chi connectivity index (χ1n) is 17.7. The molecule has 4 aliphatic carbocycles. The number of halogens is 3. The highest BCUT2D eigenvalue weighted by Gasteiger charge is 2.75. The minimum atomic E-state index is -2.13. The number of nitrogens with zero attached hydrogens (tertiary/aromatic N) is 2. The summed E-state index contributed by atoms with van der Waals surface area (Å²) in [5.41, 5.74) is -6.29. The molecule has 7 rings (SSSR count). The fourth-order valence-corrected chi connectivity index (χ4v) is 10.4. The number of ketones is 2. The number of allylic oxidation sites excluding steroid dienone is 4. The predicted octanol–water partition coefficient (Wildman–Crippen LogP) is 4.07. The SMILES string of the molecule is CCn1cc(C(=O)OCC(=O)[C@@]2(O)[C@H](C)C[C@H]3[C@@H]4CCC5=CC(=O)C=C[C@]5(C)[C@@]4(F)[C@@H](O)C[C@@]32C)c(=O)c2cc(F)c(N3CCNCC3)cc21.Cl. The molecule has 0 bridgehead atoms. The van der Waals surface area contributed by atoms with Gasteiger partial charge in [0.15, 0.2) is 18.1 Å². The first-order chi connectivity index (χ1) is 23.6. The fourth-order valence-electron chi connectivity index (χ4n) is 10.4. The molecular formula is C38H46ClF2N3O7. The number of aryl methyl sites for hydroxylation is 1. The van der Waals surface area contributed by atoms with Gasteiger partial charge in [-0.25, -0.2) is 13.6 Å². The highest BCUT2D eigenvalue weighted by atomic mass is 35.5. The molecule has 276 valence electrons. The average molecular weight is 730 g/mol. The van der Waals surface area contributed by atoms with Crippen LogP contribution >= 0.6 is 12.4 Å². The molecule has 5 aliphatic rings. The van der Waals surface area contributed by atoms with Gasteiger partial charge in [-0.2, -0.15) is 0 Å². The highest BCUT2D eigenvalue weighted by molar-refractivity contribution is 6.01. The van der Waals surface area contributed by atoms with E-state index in [9.17, 15) is 29.4 Å². The molecule has 0 amide bonds. The summed E-state index contributed by atoms with van der Waals surface area (Å²) < 4.78 is 39.9. The summed E-state index contributed by atoms with van der Waals surface area (Å²) in [4.78, 5) is 55.0. The van der Waals surface area contributed by atoms with Crippen molar-refractivity contribution in [1.29, 1.82) is 0 Å². The molecule has 2 aromatic rings. The van der Waals surface area contributed by atoms with Gasteiger partial charge in [-0.1, -0.05) is 25.5 Å². The number of piperazine rings is 1. The number of anilines is 1. The molecule has 51 heavy (non-hydrogen) atoms. The standard InChI is InChI=1S/C38H45F2N3O7.ClH/c1-5-42-19-25(33(47)24-16-28(39)30(17-29(24)42)43-12-10-41-11-13-43)34(48)50-20-32(46)38(49)21(2)14-27-26-7-6-22-15-23(44)8-9-35(22,3)37(26,40)31(45)18-36(27,38)4;/h8-9,15-17,19,21,26-27,31,41,45,49H,5-7,10-14,18,20H2,1-4H3;1H/t21-,26+,27+,31+,35+,36+,37+,38+;/m1./s1. The number of fused-ring (bicyclic) bond motifs is 6. The molecule has 3 saturated carbocycles. The zero-order valence-electron chi connectivity index (χ0n) is 29.3. The van der Waals surface area contributed by atoms with Gasteiger partial charge < -0.3 is 29.7 Å². The van der Waals surface area contributed by atoms with E-state index in [1.165, 1.54) is 18.3 Å². The zero-order valence-corrected chi connectivity index (χ0v) is 30.2. The molecule has 8 atom stereocenters. The number of hydrogen-bond donors (Lipinski definition) is 3. The van der Waals surface area contributed by atoms with Gasteiger partial charge in [0.2, 0.25) is 11.2 Å². The number of aliphatic hydroxyl groups is 2. The topological polar surface area (TPSA) is 138 Å². The van der Waals surface area contributed by atoms with Crippen molar-refractivity contribution in [2.24, 2.45) is 28.6 Å².